The first-order chi connectivity index (χ1) is 14.9. The van der Waals surface area contributed by atoms with Crippen LogP contribution in [0.4, 0.5) is 0 Å². The molecule has 172 valence electrons. The second-order valence-corrected chi connectivity index (χ2v) is 8.09. The van der Waals surface area contributed by atoms with Crippen molar-refractivity contribution in [1.82, 2.24) is 15.5 Å². The van der Waals surface area contributed by atoms with Gasteiger partial charge in [-0.15, -0.1) is 24.0 Å². The van der Waals surface area contributed by atoms with Gasteiger partial charge < -0.3 is 24.2 Å². The molecule has 8 heteroatoms. The summed E-state index contributed by atoms with van der Waals surface area (Å²) in [6.45, 7) is 5.27. The van der Waals surface area contributed by atoms with E-state index in [1.165, 1.54) is 19.3 Å². The average molecular weight is 542 g/mol. The number of halogens is 1. The fraction of sp³-hybridized carbons (Fsp3) is 0.609. The van der Waals surface area contributed by atoms with Gasteiger partial charge in [-0.05, 0) is 63.0 Å². The van der Waals surface area contributed by atoms with Crippen molar-refractivity contribution < 1.29 is 13.6 Å². The summed E-state index contributed by atoms with van der Waals surface area (Å²) in [5, 5.41) is 6.94. The number of nitrogens with zero attached hydrogens (tertiary/aromatic N) is 2. The maximum Gasteiger partial charge on any atom is 0.191 e. The Bertz CT molecular complexity index is 739. The Hall–Kier alpha value is -1.52. The Morgan fingerprint density at radius 2 is 1.90 bits per heavy atom. The van der Waals surface area contributed by atoms with Crippen molar-refractivity contribution in [2.45, 2.75) is 50.7 Å². The number of likely N-dealkylation sites (tertiary alicyclic amines) is 1. The molecule has 2 aromatic rings. The molecule has 4 heterocycles. The van der Waals surface area contributed by atoms with Gasteiger partial charge in [0, 0.05) is 26.1 Å². The van der Waals surface area contributed by atoms with Crippen molar-refractivity contribution in [1.29, 1.82) is 0 Å². The first-order valence-corrected chi connectivity index (χ1v) is 11.3. The molecule has 0 radical (unpaired) electrons. The molecule has 7 nitrogen and oxygen atoms in total. The number of guanidine groups is 1. The molecular formula is C23H35IN4O3. The van der Waals surface area contributed by atoms with Crippen LogP contribution in [0, 0.1) is 0 Å². The van der Waals surface area contributed by atoms with Gasteiger partial charge in [0.25, 0.3) is 0 Å². The lowest BCUT2D eigenvalue weighted by molar-refractivity contribution is 0.113. The van der Waals surface area contributed by atoms with Gasteiger partial charge in [0.15, 0.2) is 5.96 Å². The van der Waals surface area contributed by atoms with Crippen LogP contribution < -0.4 is 10.6 Å². The van der Waals surface area contributed by atoms with Crippen molar-refractivity contribution in [3.05, 3.63) is 48.3 Å². The molecule has 2 aliphatic rings. The molecule has 2 atom stereocenters. The molecular weight excluding hydrogens is 507 g/mol. The van der Waals surface area contributed by atoms with Crippen LogP contribution in [0.5, 0.6) is 0 Å². The number of nitrogens with one attached hydrogen (secondary N) is 2. The van der Waals surface area contributed by atoms with E-state index in [-0.39, 0.29) is 36.1 Å². The third-order valence-electron chi connectivity index (χ3n) is 5.89. The lowest BCUT2D eigenvalue weighted by Crippen LogP contribution is -2.43. The monoisotopic (exact) mass is 542 g/mol. The largest absolute Gasteiger partial charge is 0.469 e. The van der Waals surface area contributed by atoms with Crippen molar-refractivity contribution in [2.24, 2.45) is 4.99 Å². The van der Waals surface area contributed by atoms with Gasteiger partial charge in [-0.1, -0.05) is 6.42 Å². The summed E-state index contributed by atoms with van der Waals surface area (Å²) in [4.78, 5) is 7.45. The van der Waals surface area contributed by atoms with Crippen LogP contribution in [-0.2, 0) is 11.2 Å². The minimum absolute atomic E-state index is 0. The fourth-order valence-electron chi connectivity index (χ4n) is 4.22. The molecule has 4 rings (SSSR count). The van der Waals surface area contributed by atoms with Gasteiger partial charge in [-0.3, -0.25) is 9.89 Å². The summed E-state index contributed by atoms with van der Waals surface area (Å²) in [6, 6.07) is 8.13. The molecule has 0 saturated carbocycles. The standard InChI is InChI=1S/C23H34N4O3.HI/c1-2-12-27(13-3-1)21(22-9-6-16-30-22)18-26-23(25-17-20-8-5-15-29-20)24-11-10-19-7-4-14-28-19;/h4,6-7,9,14,16,20-21H,1-3,5,8,10-13,15,17-18H2,(H2,24,25,26);1H. The third-order valence-corrected chi connectivity index (χ3v) is 5.89. The number of aliphatic imine (C=N–C) groups is 1. The number of hydrogen-bond donors (Lipinski definition) is 2. The second kappa shape index (κ2) is 13.1. The van der Waals surface area contributed by atoms with Crippen molar-refractivity contribution in [3.63, 3.8) is 0 Å². The predicted octanol–water partition coefficient (Wildman–Crippen LogP) is 3.97. The number of piperidine rings is 1. The summed E-state index contributed by atoms with van der Waals surface area (Å²) in [5.74, 6) is 2.79. The van der Waals surface area contributed by atoms with Crippen molar-refractivity contribution in [3.8, 4) is 0 Å². The van der Waals surface area contributed by atoms with Crippen LogP contribution in [-0.4, -0.2) is 56.3 Å². The fourth-order valence-corrected chi connectivity index (χ4v) is 4.22. The first-order valence-electron chi connectivity index (χ1n) is 11.3. The van der Waals surface area contributed by atoms with Gasteiger partial charge in [-0.25, -0.2) is 0 Å². The smallest absolute Gasteiger partial charge is 0.191 e. The molecule has 0 amide bonds. The van der Waals surface area contributed by atoms with E-state index in [0.717, 1.165) is 69.5 Å². The van der Waals surface area contributed by atoms with E-state index in [4.69, 9.17) is 18.6 Å². The second-order valence-electron chi connectivity index (χ2n) is 8.09. The Balaban J connectivity index is 0.00000272. The lowest BCUT2D eigenvalue weighted by Gasteiger charge is -2.32. The molecule has 2 saturated heterocycles. The minimum Gasteiger partial charge on any atom is -0.469 e. The van der Waals surface area contributed by atoms with Gasteiger partial charge in [0.05, 0.1) is 31.2 Å². The summed E-state index contributed by atoms with van der Waals surface area (Å²) >= 11 is 0. The van der Waals surface area contributed by atoms with E-state index in [2.05, 4.69) is 21.6 Å². The zero-order chi connectivity index (χ0) is 20.4. The van der Waals surface area contributed by atoms with Crippen LogP contribution >= 0.6 is 24.0 Å². The van der Waals surface area contributed by atoms with Gasteiger partial charge in [0.2, 0.25) is 0 Å². The summed E-state index contributed by atoms with van der Waals surface area (Å²) in [6.07, 6.45) is 10.6. The SMILES string of the molecule is I.c1coc(CCNC(=NCC(c2ccco2)N2CCCCC2)NCC2CCCO2)c1. The van der Waals surface area contributed by atoms with E-state index in [9.17, 15) is 0 Å². The van der Waals surface area contributed by atoms with Gasteiger partial charge in [0.1, 0.15) is 11.5 Å². The number of ether oxygens (including phenoxy) is 1. The van der Waals surface area contributed by atoms with E-state index in [0.29, 0.717) is 6.54 Å². The Kier molecular flexibility index (Phi) is 10.2. The van der Waals surface area contributed by atoms with Crippen LogP contribution in [0.1, 0.15) is 49.7 Å². The van der Waals surface area contributed by atoms with Gasteiger partial charge in [-0.2, -0.15) is 0 Å². The van der Waals surface area contributed by atoms with E-state index in [1.54, 1.807) is 12.5 Å². The maximum absolute atomic E-state index is 5.77. The minimum atomic E-state index is 0. The first kappa shape index (κ1) is 24.1. The van der Waals surface area contributed by atoms with Crippen LogP contribution in [0.25, 0.3) is 0 Å². The molecule has 2 aromatic heterocycles. The summed E-state index contributed by atoms with van der Waals surface area (Å²) in [5.41, 5.74) is 0. The zero-order valence-corrected chi connectivity index (χ0v) is 20.5. The highest BCUT2D eigenvalue weighted by Gasteiger charge is 2.24. The quantitative estimate of drug-likeness (QED) is 0.284. The number of rotatable bonds is 9. The highest BCUT2D eigenvalue weighted by Crippen LogP contribution is 2.25. The molecule has 0 spiro atoms. The lowest BCUT2D eigenvalue weighted by atomic mass is 10.1. The topological polar surface area (TPSA) is 75.2 Å². The van der Waals surface area contributed by atoms with Crippen LogP contribution in [0.3, 0.4) is 0 Å². The highest BCUT2D eigenvalue weighted by atomic mass is 127. The highest BCUT2D eigenvalue weighted by molar-refractivity contribution is 14.0. The molecule has 2 aliphatic heterocycles. The molecule has 0 bridgehead atoms. The average Bonchev–Trinajstić information content (AvgIpc) is 3.56. The normalized spacial score (nSPS) is 20.9. The number of furan rings is 2. The molecule has 2 N–H and O–H groups in total. The van der Waals surface area contributed by atoms with Gasteiger partial charge >= 0.3 is 0 Å². The predicted molar refractivity (Wildman–Crippen MR) is 132 cm³/mol. The van der Waals surface area contributed by atoms with E-state index >= 15 is 0 Å². The molecule has 0 aromatic carbocycles. The Morgan fingerprint density at radius 1 is 1.06 bits per heavy atom. The van der Waals surface area contributed by atoms with Crippen molar-refractivity contribution in [2.75, 3.05) is 39.3 Å². The Labute approximate surface area is 202 Å². The summed E-state index contributed by atoms with van der Waals surface area (Å²) < 4.78 is 17.0. The van der Waals surface area contributed by atoms with E-state index < -0.39 is 0 Å². The maximum atomic E-state index is 5.77. The summed E-state index contributed by atoms with van der Waals surface area (Å²) in [7, 11) is 0. The molecule has 0 aliphatic carbocycles. The zero-order valence-electron chi connectivity index (χ0n) is 18.1. The number of hydrogen-bond acceptors (Lipinski definition) is 5. The molecule has 2 unspecified atom stereocenters. The van der Waals surface area contributed by atoms with Crippen LogP contribution in [0.2, 0.25) is 0 Å². The van der Waals surface area contributed by atoms with Crippen LogP contribution in [0.15, 0.2) is 50.6 Å². The third kappa shape index (κ3) is 7.54. The Morgan fingerprint density at radius 3 is 2.61 bits per heavy atom. The van der Waals surface area contributed by atoms with E-state index in [1.807, 2.05) is 18.2 Å². The molecule has 31 heavy (non-hydrogen) atoms. The molecule has 2 fully saturated rings. The van der Waals surface area contributed by atoms with Crippen molar-refractivity contribution >= 4 is 29.9 Å².